The van der Waals surface area contributed by atoms with Crippen LogP contribution < -0.4 is 10.6 Å². The van der Waals surface area contributed by atoms with Gasteiger partial charge in [-0.05, 0) is 25.6 Å². The third-order valence-corrected chi connectivity index (χ3v) is 2.81. The fourth-order valence-electron chi connectivity index (χ4n) is 1.36. The van der Waals surface area contributed by atoms with Gasteiger partial charge in [-0.15, -0.1) is 0 Å². The molecule has 0 spiro atoms. The van der Waals surface area contributed by atoms with Crippen LogP contribution in [-0.2, 0) is 4.79 Å². The van der Waals surface area contributed by atoms with Crippen molar-refractivity contribution in [3.8, 4) is 0 Å². The van der Waals surface area contributed by atoms with E-state index in [1.165, 1.54) is 0 Å². The van der Waals surface area contributed by atoms with E-state index in [4.69, 9.17) is 0 Å². The van der Waals surface area contributed by atoms with Crippen molar-refractivity contribution in [3.05, 3.63) is 34.3 Å². The Kier molecular flexibility index (Phi) is 4.78. The Balaban J connectivity index is 2.65. The van der Waals surface area contributed by atoms with Crippen molar-refractivity contribution in [1.82, 2.24) is 10.6 Å². The van der Waals surface area contributed by atoms with Crippen LogP contribution in [0.25, 0.3) is 0 Å². The number of halogens is 1. The Morgan fingerprint density at radius 1 is 1.47 bits per heavy atom. The zero-order valence-electron chi connectivity index (χ0n) is 8.88. The highest BCUT2D eigenvalue weighted by Gasteiger charge is 2.10. The summed E-state index contributed by atoms with van der Waals surface area (Å²) in [5.41, 5.74) is 1.09. The summed E-state index contributed by atoms with van der Waals surface area (Å²) in [6, 6.07) is 7.89. The zero-order valence-corrected chi connectivity index (χ0v) is 10.5. The molecule has 4 heteroatoms. The number of carbonyl (C=O) groups excluding carboxylic acids is 1. The number of likely N-dealkylation sites (N-methyl/N-ethyl adjacent to an activating group) is 1. The van der Waals surface area contributed by atoms with Gasteiger partial charge in [0.15, 0.2) is 0 Å². The molecule has 82 valence electrons. The van der Waals surface area contributed by atoms with Gasteiger partial charge in [-0.1, -0.05) is 34.1 Å². The number of hydrogen-bond acceptors (Lipinski definition) is 2. The lowest BCUT2D eigenvalue weighted by atomic mass is 10.1. The SMILES string of the molecule is CNCC(=O)N[C@H](C)c1ccccc1Br. The van der Waals surface area contributed by atoms with E-state index in [9.17, 15) is 4.79 Å². The lowest BCUT2D eigenvalue weighted by Crippen LogP contribution is -2.34. The van der Waals surface area contributed by atoms with Gasteiger partial charge < -0.3 is 10.6 Å². The fraction of sp³-hybridized carbons (Fsp3) is 0.364. The van der Waals surface area contributed by atoms with Crippen molar-refractivity contribution in [1.29, 1.82) is 0 Å². The van der Waals surface area contributed by atoms with Crippen molar-refractivity contribution in [2.45, 2.75) is 13.0 Å². The number of hydrogen-bond donors (Lipinski definition) is 2. The summed E-state index contributed by atoms with van der Waals surface area (Å²) in [5.74, 6) is 0.000697. The third kappa shape index (κ3) is 3.64. The number of rotatable bonds is 4. The molecule has 2 N–H and O–H groups in total. The molecule has 0 heterocycles. The molecule has 0 saturated carbocycles. The summed E-state index contributed by atoms with van der Waals surface area (Å²) in [6.45, 7) is 2.31. The highest BCUT2D eigenvalue weighted by molar-refractivity contribution is 9.10. The van der Waals surface area contributed by atoms with E-state index in [2.05, 4.69) is 26.6 Å². The minimum absolute atomic E-state index is 0.000697. The summed E-state index contributed by atoms with van der Waals surface area (Å²) in [7, 11) is 1.75. The van der Waals surface area contributed by atoms with E-state index < -0.39 is 0 Å². The van der Waals surface area contributed by atoms with Crippen LogP contribution in [-0.4, -0.2) is 19.5 Å². The summed E-state index contributed by atoms with van der Waals surface area (Å²) in [6.07, 6.45) is 0. The molecule has 0 radical (unpaired) electrons. The average Bonchev–Trinajstić information content (AvgIpc) is 2.18. The van der Waals surface area contributed by atoms with Crippen LogP contribution in [0.5, 0.6) is 0 Å². The maximum Gasteiger partial charge on any atom is 0.234 e. The second-order valence-electron chi connectivity index (χ2n) is 3.34. The van der Waals surface area contributed by atoms with E-state index in [1.54, 1.807) is 7.05 Å². The Morgan fingerprint density at radius 2 is 2.13 bits per heavy atom. The number of amides is 1. The Bertz CT molecular complexity index is 341. The van der Waals surface area contributed by atoms with Crippen LogP contribution in [0.3, 0.4) is 0 Å². The Morgan fingerprint density at radius 3 is 2.73 bits per heavy atom. The van der Waals surface area contributed by atoms with Crippen molar-refractivity contribution in [2.24, 2.45) is 0 Å². The highest BCUT2D eigenvalue weighted by atomic mass is 79.9. The lowest BCUT2D eigenvalue weighted by Gasteiger charge is -2.15. The molecule has 1 aromatic rings. The first-order valence-corrected chi connectivity index (χ1v) is 5.63. The van der Waals surface area contributed by atoms with Crippen LogP contribution in [0, 0.1) is 0 Å². The Hall–Kier alpha value is -0.870. The van der Waals surface area contributed by atoms with Crippen molar-refractivity contribution < 1.29 is 4.79 Å². The molecule has 0 aliphatic heterocycles. The summed E-state index contributed by atoms with van der Waals surface area (Å²) in [4.78, 5) is 11.3. The molecule has 0 aliphatic carbocycles. The molecule has 0 fully saturated rings. The van der Waals surface area contributed by atoms with Crippen LogP contribution in [0.4, 0.5) is 0 Å². The first-order chi connectivity index (χ1) is 7.15. The van der Waals surface area contributed by atoms with Crippen LogP contribution in [0.2, 0.25) is 0 Å². The average molecular weight is 271 g/mol. The molecule has 0 unspecified atom stereocenters. The van der Waals surface area contributed by atoms with Gasteiger partial charge in [-0.25, -0.2) is 0 Å². The Labute approximate surface area is 98.4 Å². The highest BCUT2D eigenvalue weighted by Crippen LogP contribution is 2.22. The maximum absolute atomic E-state index is 11.3. The zero-order chi connectivity index (χ0) is 11.3. The molecule has 1 aromatic carbocycles. The van der Waals surface area contributed by atoms with Gasteiger partial charge in [-0.3, -0.25) is 4.79 Å². The van der Waals surface area contributed by atoms with Crippen molar-refractivity contribution in [2.75, 3.05) is 13.6 Å². The molecule has 0 saturated heterocycles. The van der Waals surface area contributed by atoms with Crippen molar-refractivity contribution >= 4 is 21.8 Å². The van der Waals surface area contributed by atoms with Crippen LogP contribution >= 0.6 is 15.9 Å². The molecule has 1 rings (SSSR count). The smallest absolute Gasteiger partial charge is 0.234 e. The molecule has 0 aliphatic rings. The van der Waals surface area contributed by atoms with Gasteiger partial charge in [0.2, 0.25) is 5.91 Å². The second-order valence-corrected chi connectivity index (χ2v) is 4.20. The van der Waals surface area contributed by atoms with Crippen LogP contribution in [0.15, 0.2) is 28.7 Å². The minimum Gasteiger partial charge on any atom is -0.348 e. The first kappa shape index (κ1) is 12.2. The van der Waals surface area contributed by atoms with Gasteiger partial charge in [-0.2, -0.15) is 0 Å². The first-order valence-electron chi connectivity index (χ1n) is 4.83. The monoisotopic (exact) mass is 270 g/mol. The topological polar surface area (TPSA) is 41.1 Å². The van der Waals surface area contributed by atoms with E-state index in [-0.39, 0.29) is 11.9 Å². The quantitative estimate of drug-likeness (QED) is 0.877. The van der Waals surface area contributed by atoms with Gasteiger partial charge in [0.1, 0.15) is 0 Å². The van der Waals surface area contributed by atoms with Gasteiger partial charge in [0, 0.05) is 4.47 Å². The van der Waals surface area contributed by atoms with E-state index in [0.29, 0.717) is 6.54 Å². The molecular weight excluding hydrogens is 256 g/mol. The van der Waals surface area contributed by atoms with E-state index in [0.717, 1.165) is 10.0 Å². The minimum atomic E-state index is 0.000697. The fourth-order valence-corrected chi connectivity index (χ4v) is 1.99. The molecule has 0 aromatic heterocycles. The standard InChI is InChI=1S/C11H15BrN2O/c1-8(14-11(15)7-13-2)9-5-3-4-6-10(9)12/h3-6,8,13H,7H2,1-2H3,(H,14,15)/t8-/m1/s1. The van der Waals surface area contributed by atoms with Gasteiger partial charge in [0.25, 0.3) is 0 Å². The van der Waals surface area contributed by atoms with Crippen molar-refractivity contribution in [3.63, 3.8) is 0 Å². The molecule has 1 atom stereocenters. The van der Waals surface area contributed by atoms with E-state index >= 15 is 0 Å². The molecular formula is C11H15BrN2O. The lowest BCUT2D eigenvalue weighted by molar-refractivity contribution is -0.120. The number of benzene rings is 1. The maximum atomic E-state index is 11.3. The van der Waals surface area contributed by atoms with E-state index in [1.807, 2.05) is 31.2 Å². The largest absolute Gasteiger partial charge is 0.348 e. The molecule has 1 amide bonds. The number of carbonyl (C=O) groups is 1. The number of nitrogens with one attached hydrogen (secondary N) is 2. The predicted octanol–water partition coefficient (Wildman–Crippen LogP) is 1.85. The molecule has 3 nitrogen and oxygen atoms in total. The van der Waals surface area contributed by atoms with Crippen LogP contribution in [0.1, 0.15) is 18.5 Å². The van der Waals surface area contributed by atoms with Gasteiger partial charge >= 0.3 is 0 Å². The second kappa shape index (κ2) is 5.88. The molecule has 0 bridgehead atoms. The third-order valence-electron chi connectivity index (χ3n) is 2.09. The summed E-state index contributed by atoms with van der Waals surface area (Å²) in [5, 5.41) is 5.72. The summed E-state index contributed by atoms with van der Waals surface area (Å²) < 4.78 is 1.02. The normalized spacial score (nSPS) is 12.2. The molecule has 15 heavy (non-hydrogen) atoms. The van der Waals surface area contributed by atoms with Gasteiger partial charge in [0.05, 0.1) is 12.6 Å². The predicted molar refractivity (Wildman–Crippen MR) is 64.6 cm³/mol. The summed E-state index contributed by atoms with van der Waals surface area (Å²) >= 11 is 3.46.